The number of halogens is 3. The van der Waals surface area contributed by atoms with Gasteiger partial charge in [0.25, 0.3) is 6.43 Å². The van der Waals surface area contributed by atoms with E-state index in [1.807, 2.05) is 0 Å². The second kappa shape index (κ2) is 6.40. The summed E-state index contributed by atoms with van der Waals surface area (Å²) in [6, 6.07) is 1.65. The maximum Gasteiger partial charge on any atom is 0.310 e. The molecule has 0 saturated carbocycles. The molecule has 0 spiro atoms. The first-order chi connectivity index (χ1) is 8.54. The fourth-order valence-electron chi connectivity index (χ4n) is 1.48. The Balaban J connectivity index is 3.41. The van der Waals surface area contributed by atoms with E-state index in [-0.39, 0.29) is 22.9 Å². The number of alkyl halides is 3. The van der Waals surface area contributed by atoms with Gasteiger partial charge in [0.2, 0.25) is 0 Å². The Morgan fingerprint density at radius 1 is 1.67 bits per heavy atom. The van der Waals surface area contributed by atoms with Gasteiger partial charge in [-0.15, -0.1) is 0 Å². The molecule has 0 atom stereocenters. The first-order valence-electron chi connectivity index (χ1n) is 4.86. The van der Waals surface area contributed by atoms with Gasteiger partial charge in [0, 0.05) is 17.1 Å². The quantitative estimate of drug-likeness (QED) is 0.632. The van der Waals surface area contributed by atoms with Crippen LogP contribution < -0.4 is 0 Å². The average molecular weight is 319 g/mol. The molecule has 0 aromatic carbocycles. The Hall–Kier alpha value is -1.55. The van der Waals surface area contributed by atoms with Crippen molar-refractivity contribution in [2.24, 2.45) is 0 Å². The van der Waals surface area contributed by atoms with Crippen molar-refractivity contribution in [2.75, 3.05) is 7.11 Å². The molecule has 1 heterocycles. The smallest absolute Gasteiger partial charge is 0.310 e. The number of esters is 1. The van der Waals surface area contributed by atoms with Crippen LogP contribution in [-0.2, 0) is 21.3 Å². The third-order valence-corrected chi connectivity index (χ3v) is 2.86. The van der Waals surface area contributed by atoms with Crippen LogP contribution in [0.15, 0.2) is 6.20 Å². The van der Waals surface area contributed by atoms with Crippen LogP contribution >= 0.6 is 15.9 Å². The van der Waals surface area contributed by atoms with E-state index >= 15 is 0 Å². The van der Waals surface area contributed by atoms with E-state index in [4.69, 9.17) is 5.26 Å². The first-order valence-corrected chi connectivity index (χ1v) is 5.99. The predicted molar refractivity (Wildman–Crippen MR) is 62.3 cm³/mol. The highest BCUT2D eigenvalue weighted by atomic mass is 79.9. The Kier molecular flexibility index (Phi) is 5.16. The van der Waals surface area contributed by atoms with Gasteiger partial charge in [-0.1, -0.05) is 15.9 Å². The van der Waals surface area contributed by atoms with Crippen molar-refractivity contribution < 1.29 is 18.3 Å². The van der Waals surface area contributed by atoms with Gasteiger partial charge in [0.15, 0.2) is 0 Å². The summed E-state index contributed by atoms with van der Waals surface area (Å²) in [5.74, 6) is -0.656. The van der Waals surface area contributed by atoms with Crippen molar-refractivity contribution >= 4 is 21.9 Å². The third-order valence-electron chi connectivity index (χ3n) is 2.33. The molecule has 0 aliphatic rings. The van der Waals surface area contributed by atoms with Gasteiger partial charge in [-0.25, -0.2) is 8.78 Å². The van der Waals surface area contributed by atoms with E-state index < -0.39 is 18.0 Å². The molecule has 0 saturated heterocycles. The highest BCUT2D eigenvalue weighted by Crippen LogP contribution is 2.29. The summed E-state index contributed by atoms with van der Waals surface area (Å²) >= 11 is 3.11. The average Bonchev–Trinajstić information content (AvgIpc) is 2.37. The topological polar surface area (TPSA) is 63.0 Å². The molecule has 0 aliphatic carbocycles. The zero-order valence-electron chi connectivity index (χ0n) is 9.41. The molecule has 96 valence electrons. The van der Waals surface area contributed by atoms with Gasteiger partial charge in [-0.05, 0) is 5.56 Å². The number of hydrogen-bond acceptors (Lipinski definition) is 4. The molecular weight excluding hydrogens is 310 g/mol. The summed E-state index contributed by atoms with van der Waals surface area (Å²) in [7, 11) is 1.17. The number of ether oxygens (including phenoxy) is 1. The molecule has 0 N–H and O–H groups in total. The molecule has 1 rings (SSSR count). The second-order valence-corrected chi connectivity index (χ2v) is 3.87. The van der Waals surface area contributed by atoms with E-state index in [0.29, 0.717) is 5.69 Å². The predicted octanol–water partition coefficient (Wildman–Crippen LogP) is 2.50. The lowest BCUT2D eigenvalue weighted by atomic mass is 10.00. The van der Waals surface area contributed by atoms with Gasteiger partial charge in [-0.2, -0.15) is 5.26 Å². The summed E-state index contributed by atoms with van der Waals surface area (Å²) in [6.45, 7) is 0. The highest BCUT2D eigenvalue weighted by Gasteiger charge is 2.23. The molecule has 4 nitrogen and oxygen atoms in total. The SMILES string of the molecule is COC(=O)Cc1c(CBr)ncc(C#N)c1C(F)F. The molecular formula is C11H9BrF2N2O2. The van der Waals surface area contributed by atoms with E-state index in [1.54, 1.807) is 6.07 Å². The standard InChI is InChI=1S/C11H9BrF2N2O2/c1-18-9(17)2-7-8(3-12)16-5-6(4-15)10(7)11(13)14/h5,11H,2-3H2,1H3. The van der Waals surface area contributed by atoms with E-state index in [1.165, 1.54) is 7.11 Å². The van der Waals surface area contributed by atoms with Crippen molar-refractivity contribution in [1.82, 2.24) is 4.98 Å². The van der Waals surface area contributed by atoms with Gasteiger partial charge in [0.05, 0.1) is 24.8 Å². The number of carbonyl (C=O) groups is 1. The van der Waals surface area contributed by atoms with Crippen molar-refractivity contribution in [3.63, 3.8) is 0 Å². The van der Waals surface area contributed by atoms with Crippen LogP contribution in [0.2, 0.25) is 0 Å². The number of nitriles is 1. The van der Waals surface area contributed by atoms with Crippen molar-refractivity contribution in [3.8, 4) is 6.07 Å². The zero-order valence-corrected chi connectivity index (χ0v) is 11.0. The molecule has 0 radical (unpaired) electrons. The van der Waals surface area contributed by atoms with E-state index in [9.17, 15) is 13.6 Å². The second-order valence-electron chi connectivity index (χ2n) is 3.31. The lowest BCUT2D eigenvalue weighted by Gasteiger charge is -2.12. The third kappa shape index (κ3) is 3.01. The highest BCUT2D eigenvalue weighted by molar-refractivity contribution is 9.08. The molecule has 0 amide bonds. The van der Waals surface area contributed by atoms with Gasteiger partial charge in [-0.3, -0.25) is 9.78 Å². The monoisotopic (exact) mass is 318 g/mol. The van der Waals surface area contributed by atoms with Crippen LogP contribution in [0.4, 0.5) is 8.78 Å². The van der Waals surface area contributed by atoms with Crippen molar-refractivity contribution in [1.29, 1.82) is 5.26 Å². The molecule has 1 aromatic rings. The maximum atomic E-state index is 13.0. The minimum atomic E-state index is -2.85. The molecule has 1 aromatic heterocycles. The largest absolute Gasteiger partial charge is 0.469 e. The van der Waals surface area contributed by atoms with Crippen LogP contribution in [0.25, 0.3) is 0 Å². The zero-order chi connectivity index (χ0) is 13.7. The summed E-state index contributed by atoms with van der Waals surface area (Å²) in [5.41, 5.74) is -0.330. The van der Waals surface area contributed by atoms with Crippen LogP contribution in [0.3, 0.4) is 0 Å². The lowest BCUT2D eigenvalue weighted by Crippen LogP contribution is -2.12. The van der Waals surface area contributed by atoms with Gasteiger partial charge >= 0.3 is 5.97 Å². The lowest BCUT2D eigenvalue weighted by molar-refractivity contribution is -0.139. The number of pyridine rings is 1. The van der Waals surface area contributed by atoms with Gasteiger partial charge < -0.3 is 4.74 Å². The molecule has 0 fully saturated rings. The summed E-state index contributed by atoms with van der Waals surface area (Å²) < 4.78 is 30.5. The summed E-state index contributed by atoms with van der Waals surface area (Å²) in [4.78, 5) is 15.1. The number of hydrogen-bond donors (Lipinski definition) is 0. The Morgan fingerprint density at radius 2 is 2.33 bits per heavy atom. The van der Waals surface area contributed by atoms with Crippen molar-refractivity contribution in [2.45, 2.75) is 18.2 Å². The van der Waals surface area contributed by atoms with Crippen LogP contribution in [0.1, 0.15) is 28.8 Å². The number of rotatable bonds is 4. The number of aromatic nitrogens is 1. The van der Waals surface area contributed by atoms with Crippen molar-refractivity contribution in [3.05, 3.63) is 28.6 Å². The molecule has 7 heteroatoms. The van der Waals surface area contributed by atoms with Crippen LogP contribution in [0, 0.1) is 11.3 Å². The Morgan fingerprint density at radius 3 is 2.78 bits per heavy atom. The molecule has 0 unspecified atom stereocenters. The minimum Gasteiger partial charge on any atom is -0.469 e. The minimum absolute atomic E-state index is 0.0489. The number of carbonyl (C=O) groups excluding carboxylic acids is 1. The summed E-state index contributed by atoms with van der Waals surface area (Å²) in [6.07, 6.45) is -2.10. The van der Waals surface area contributed by atoms with E-state index in [2.05, 4.69) is 25.7 Å². The Bertz CT molecular complexity index is 501. The fraction of sp³-hybridized carbons (Fsp3) is 0.364. The van der Waals surface area contributed by atoms with E-state index in [0.717, 1.165) is 6.20 Å². The van der Waals surface area contributed by atoms with Crippen LogP contribution in [-0.4, -0.2) is 18.1 Å². The molecule has 18 heavy (non-hydrogen) atoms. The first kappa shape index (κ1) is 14.5. The number of methoxy groups -OCH3 is 1. The van der Waals surface area contributed by atoms with Gasteiger partial charge in [0.1, 0.15) is 6.07 Å². The fourth-order valence-corrected chi connectivity index (χ4v) is 1.96. The molecule has 0 aliphatic heterocycles. The Labute approximate surface area is 111 Å². The summed E-state index contributed by atoms with van der Waals surface area (Å²) in [5, 5.41) is 9.01. The maximum absolute atomic E-state index is 13.0. The van der Waals surface area contributed by atoms with Crippen LogP contribution in [0.5, 0.6) is 0 Å². The number of nitrogens with zero attached hydrogens (tertiary/aromatic N) is 2. The normalized spacial score (nSPS) is 10.2. The molecule has 0 bridgehead atoms.